The number of ketones is 1. The van der Waals surface area contributed by atoms with Gasteiger partial charge in [0.25, 0.3) is 0 Å². The summed E-state index contributed by atoms with van der Waals surface area (Å²) in [7, 11) is 0. The molecule has 0 spiro atoms. The largest absolute Gasteiger partial charge is 0.464 e. The van der Waals surface area contributed by atoms with Crippen LogP contribution in [0.4, 0.5) is 4.39 Å². The molecule has 1 aromatic heterocycles. The average molecular weight is 504 g/mol. The lowest BCUT2D eigenvalue weighted by Gasteiger charge is -2.24. The van der Waals surface area contributed by atoms with Gasteiger partial charge in [-0.3, -0.25) is 19.2 Å². The number of aromatic amines is 1. The minimum absolute atomic E-state index is 0.0120. The van der Waals surface area contributed by atoms with Crippen molar-refractivity contribution >= 4 is 46.6 Å². The Morgan fingerprint density at radius 1 is 1.11 bits per heavy atom. The van der Waals surface area contributed by atoms with E-state index in [0.29, 0.717) is 22.7 Å². The summed E-state index contributed by atoms with van der Waals surface area (Å²) < 4.78 is 18.6. The molecule has 0 bridgehead atoms. The van der Waals surface area contributed by atoms with Crippen LogP contribution in [0, 0.1) is 11.2 Å². The van der Waals surface area contributed by atoms with Gasteiger partial charge in [-0.15, -0.1) is 0 Å². The molecular weight excluding hydrogens is 473 g/mol. The van der Waals surface area contributed by atoms with Crippen molar-refractivity contribution in [1.82, 2.24) is 20.9 Å². The van der Waals surface area contributed by atoms with E-state index < -0.39 is 53.4 Å². The average Bonchev–Trinajstić information content (AvgIpc) is 3.22. The van der Waals surface area contributed by atoms with Crippen LogP contribution in [0.2, 0.25) is 0 Å². The van der Waals surface area contributed by atoms with Gasteiger partial charge in [0, 0.05) is 36.9 Å². The molecule has 0 unspecified atom stereocenters. The van der Waals surface area contributed by atoms with Crippen LogP contribution in [0.25, 0.3) is 10.9 Å². The predicted molar refractivity (Wildman–Crippen MR) is 129 cm³/mol. The third-order valence-corrected chi connectivity index (χ3v) is 5.32. The zero-order valence-corrected chi connectivity index (χ0v) is 20.3. The van der Waals surface area contributed by atoms with Crippen molar-refractivity contribution < 1.29 is 33.1 Å². The molecule has 36 heavy (non-hydrogen) atoms. The van der Waals surface area contributed by atoms with Gasteiger partial charge in [0.05, 0.1) is 12.8 Å². The van der Waals surface area contributed by atoms with Crippen LogP contribution in [0.3, 0.4) is 0 Å². The van der Waals surface area contributed by atoms with E-state index in [-0.39, 0.29) is 25.9 Å². The van der Waals surface area contributed by atoms with Crippen molar-refractivity contribution in [1.29, 1.82) is 5.41 Å². The quantitative estimate of drug-likeness (QED) is 0.201. The molecule has 5 N–H and O–H groups in total. The first kappa shape index (κ1) is 28.1. The molecule has 2 aromatic rings. The molecule has 0 saturated carbocycles. The maximum atomic E-state index is 13.8. The molecule has 3 atom stereocenters. The fourth-order valence-corrected chi connectivity index (χ4v) is 3.53. The molecule has 194 valence electrons. The van der Waals surface area contributed by atoms with Crippen LogP contribution in [-0.2, 0) is 35.1 Å². The molecule has 1 heterocycles. The van der Waals surface area contributed by atoms with E-state index in [1.807, 2.05) is 0 Å². The molecule has 11 nitrogen and oxygen atoms in total. The standard InChI is InChI=1S/C24H30FN5O6/c1-4-36-24(35)13(2)28-22(33)20(8-6-17(32)11-26)30-23(34)21(29-14(3)31)9-15-12-27-19-7-5-16(25)10-18(15)19/h5,7,10-13,20-21,26-27H,4,6,8-9H2,1-3H3,(H,28,33)(H,29,31)(H,30,34)/t13-,20+,21+/m1/s1. The molecular formula is C24H30FN5O6. The van der Waals surface area contributed by atoms with Crippen molar-refractivity contribution in [3.8, 4) is 0 Å². The van der Waals surface area contributed by atoms with E-state index >= 15 is 0 Å². The van der Waals surface area contributed by atoms with Crippen LogP contribution in [0.5, 0.6) is 0 Å². The lowest BCUT2D eigenvalue weighted by Crippen LogP contribution is -2.55. The van der Waals surface area contributed by atoms with Crippen LogP contribution in [0.1, 0.15) is 39.2 Å². The number of benzene rings is 1. The smallest absolute Gasteiger partial charge is 0.328 e. The van der Waals surface area contributed by atoms with Crippen molar-refractivity contribution in [2.45, 2.75) is 58.2 Å². The number of aromatic nitrogens is 1. The van der Waals surface area contributed by atoms with Crippen molar-refractivity contribution in [3.63, 3.8) is 0 Å². The lowest BCUT2D eigenvalue weighted by molar-refractivity contribution is -0.147. The second kappa shape index (κ2) is 13.1. The summed E-state index contributed by atoms with van der Waals surface area (Å²) in [5.74, 6) is -3.65. The monoisotopic (exact) mass is 503 g/mol. The maximum absolute atomic E-state index is 13.8. The van der Waals surface area contributed by atoms with Crippen molar-refractivity contribution in [3.05, 3.63) is 35.8 Å². The van der Waals surface area contributed by atoms with Crippen LogP contribution in [0.15, 0.2) is 24.4 Å². The van der Waals surface area contributed by atoms with E-state index in [1.54, 1.807) is 19.2 Å². The molecule has 0 aliphatic heterocycles. The second-order valence-electron chi connectivity index (χ2n) is 8.15. The van der Waals surface area contributed by atoms with E-state index in [9.17, 15) is 28.4 Å². The number of carbonyl (C=O) groups excluding carboxylic acids is 5. The summed E-state index contributed by atoms with van der Waals surface area (Å²) in [6.07, 6.45) is 1.84. The Labute approximate surface area is 207 Å². The number of rotatable bonds is 13. The van der Waals surface area contributed by atoms with Gasteiger partial charge >= 0.3 is 5.97 Å². The molecule has 2 rings (SSSR count). The topological polar surface area (TPSA) is 170 Å². The van der Waals surface area contributed by atoms with Gasteiger partial charge in [0.2, 0.25) is 17.7 Å². The van der Waals surface area contributed by atoms with Gasteiger partial charge in [-0.05, 0) is 44.0 Å². The Morgan fingerprint density at radius 3 is 2.44 bits per heavy atom. The number of Topliss-reactive ketones (excluding diaryl/α,β-unsaturated/α-hetero) is 1. The Bertz CT molecular complexity index is 1150. The van der Waals surface area contributed by atoms with Gasteiger partial charge in [-0.1, -0.05) is 0 Å². The van der Waals surface area contributed by atoms with Gasteiger partial charge in [-0.25, -0.2) is 9.18 Å². The number of halogens is 1. The van der Waals surface area contributed by atoms with Gasteiger partial charge < -0.3 is 31.1 Å². The normalized spacial score (nSPS) is 13.2. The highest BCUT2D eigenvalue weighted by Crippen LogP contribution is 2.21. The fraction of sp³-hybridized carbons (Fsp3) is 0.417. The minimum Gasteiger partial charge on any atom is -0.464 e. The van der Waals surface area contributed by atoms with Crippen molar-refractivity contribution in [2.75, 3.05) is 6.61 Å². The maximum Gasteiger partial charge on any atom is 0.328 e. The number of carbonyl (C=O) groups is 5. The van der Waals surface area contributed by atoms with E-state index in [2.05, 4.69) is 20.9 Å². The fourth-order valence-electron chi connectivity index (χ4n) is 3.53. The minimum atomic E-state index is -1.24. The highest BCUT2D eigenvalue weighted by molar-refractivity contribution is 6.26. The number of ether oxygens (including phenoxy) is 1. The highest BCUT2D eigenvalue weighted by Gasteiger charge is 2.29. The Morgan fingerprint density at radius 2 is 1.81 bits per heavy atom. The van der Waals surface area contributed by atoms with E-state index in [4.69, 9.17) is 10.1 Å². The highest BCUT2D eigenvalue weighted by atomic mass is 19.1. The van der Waals surface area contributed by atoms with Crippen LogP contribution < -0.4 is 16.0 Å². The summed E-state index contributed by atoms with van der Waals surface area (Å²) in [6, 6.07) is 0.766. The summed E-state index contributed by atoms with van der Waals surface area (Å²) in [4.78, 5) is 64.3. The number of hydrogen-bond acceptors (Lipinski definition) is 7. The van der Waals surface area contributed by atoms with Gasteiger partial charge in [0.1, 0.15) is 23.9 Å². The molecule has 0 aliphatic carbocycles. The first-order chi connectivity index (χ1) is 17.0. The molecule has 0 fully saturated rings. The van der Waals surface area contributed by atoms with Crippen LogP contribution in [-0.4, -0.2) is 65.4 Å². The molecule has 0 radical (unpaired) electrons. The lowest BCUT2D eigenvalue weighted by atomic mass is 10.0. The van der Waals surface area contributed by atoms with Gasteiger partial charge in [0.15, 0.2) is 5.78 Å². The number of hydrogen-bond donors (Lipinski definition) is 5. The van der Waals surface area contributed by atoms with E-state index in [0.717, 1.165) is 0 Å². The number of nitrogens with one attached hydrogen (secondary N) is 5. The molecule has 0 saturated heterocycles. The zero-order valence-electron chi connectivity index (χ0n) is 20.3. The second-order valence-corrected chi connectivity index (χ2v) is 8.15. The summed E-state index contributed by atoms with van der Waals surface area (Å²) in [6.45, 7) is 4.36. The molecule has 0 aliphatic rings. The number of fused-ring (bicyclic) bond motifs is 1. The first-order valence-electron chi connectivity index (χ1n) is 11.4. The predicted octanol–water partition coefficient (Wildman–Crippen LogP) is 0.906. The van der Waals surface area contributed by atoms with E-state index in [1.165, 1.54) is 26.0 Å². The summed E-state index contributed by atoms with van der Waals surface area (Å²) in [5, 5.41) is 15.1. The molecule has 3 amide bonds. The Kier molecular flexibility index (Phi) is 10.3. The van der Waals surface area contributed by atoms with Gasteiger partial charge in [-0.2, -0.15) is 0 Å². The zero-order chi connectivity index (χ0) is 26.8. The number of H-pyrrole nitrogens is 1. The van der Waals surface area contributed by atoms with Crippen LogP contribution >= 0.6 is 0 Å². The number of amides is 3. The third kappa shape index (κ3) is 8.00. The SMILES string of the molecule is CCOC(=O)[C@@H](C)NC(=O)[C@H](CCC(=O)C=N)NC(=O)[C@H](Cc1c[nH]c2ccc(F)cc12)NC(C)=O. The Hall–Kier alpha value is -4.09. The number of esters is 1. The first-order valence-corrected chi connectivity index (χ1v) is 11.4. The molecule has 12 heteroatoms. The summed E-state index contributed by atoms with van der Waals surface area (Å²) in [5.41, 5.74) is 1.21. The molecule has 1 aromatic carbocycles. The van der Waals surface area contributed by atoms with Crippen molar-refractivity contribution in [2.24, 2.45) is 0 Å². The summed E-state index contributed by atoms with van der Waals surface area (Å²) >= 11 is 0. The Balaban J connectivity index is 2.23. The third-order valence-electron chi connectivity index (χ3n) is 5.32.